The molecule has 0 bridgehead atoms. The molecule has 0 fully saturated rings. The van der Waals surface area contributed by atoms with Crippen LogP contribution in [0.2, 0.25) is 0 Å². The van der Waals surface area contributed by atoms with Gasteiger partial charge in [0.2, 0.25) is 5.91 Å². The van der Waals surface area contributed by atoms with Crippen LogP contribution in [0, 0.1) is 0 Å². The van der Waals surface area contributed by atoms with Gasteiger partial charge in [-0.05, 0) is 20.8 Å². The van der Waals surface area contributed by atoms with Crippen molar-refractivity contribution in [2.45, 2.75) is 45.3 Å². The van der Waals surface area contributed by atoms with Gasteiger partial charge in [0.1, 0.15) is 11.6 Å². The zero-order valence-electron chi connectivity index (χ0n) is 10.7. The molecule has 0 aromatic heterocycles. The first-order valence-corrected chi connectivity index (χ1v) is 6.14. The van der Waals surface area contributed by atoms with E-state index in [4.69, 9.17) is 9.84 Å². The summed E-state index contributed by atoms with van der Waals surface area (Å²) in [5.74, 6) is -2.17. The van der Waals surface area contributed by atoms with E-state index in [-0.39, 0.29) is 18.6 Å². The van der Waals surface area contributed by atoms with Crippen LogP contribution in [0.1, 0.15) is 33.6 Å². The number of hydrogen-bond acceptors (Lipinski definition) is 5. The molecule has 104 valence electrons. The molecule has 1 atom stereocenters. The van der Waals surface area contributed by atoms with Crippen molar-refractivity contribution in [3.63, 3.8) is 0 Å². The maximum absolute atomic E-state index is 11.4. The minimum absolute atomic E-state index is 0.00644. The van der Waals surface area contributed by atoms with Gasteiger partial charge in [0.25, 0.3) is 0 Å². The summed E-state index contributed by atoms with van der Waals surface area (Å²) >= 11 is 3.81. The maximum Gasteiger partial charge on any atom is 0.327 e. The van der Waals surface area contributed by atoms with E-state index in [1.165, 1.54) is 0 Å². The van der Waals surface area contributed by atoms with Crippen LogP contribution < -0.4 is 5.32 Å². The van der Waals surface area contributed by atoms with Crippen LogP contribution in [0.15, 0.2) is 0 Å². The predicted molar refractivity (Wildman–Crippen MR) is 68.5 cm³/mol. The summed E-state index contributed by atoms with van der Waals surface area (Å²) in [6.07, 6.45) is -0.186. The molecular weight excluding hydrogens is 258 g/mol. The number of rotatable bonds is 6. The molecule has 0 aromatic carbocycles. The summed E-state index contributed by atoms with van der Waals surface area (Å²) in [4.78, 5) is 33.3. The Balaban J connectivity index is 4.04. The Morgan fingerprint density at radius 3 is 2.22 bits per heavy atom. The SMILES string of the molecule is CC(C)(C)OC(=O)CCC(=O)N[C@@H](CS)C(=O)O. The van der Waals surface area contributed by atoms with Crippen molar-refractivity contribution in [1.29, 1.82) is 0 Å². The normalized spacial score (nSPS) is 12.7. The van der Waals surface area contributed by atoms with Gasteiger partial charge in [-0.3, -0.25) is 9.59 Å². The Hall–Kier alpha value is -1.24. The molecule has 18 heavy (non-hydrogen) atoms. The molecule has 0 saturated carbocycles. The van der Waals surface area contributed by atoms with Crippen molar-refractivity contribution >= 4 is 30.5 Å². The lowest BCUT2D eigenvalue weighted by Gasteiger charge is -2.19. The molecule has 0 aliphatic carbocycles. The van der Waals surface area contributed by atoms with E-state index < -0.39 is 29.5 Å². The lowest BCUT2D eigenvalue weighted by atomic mass is 10.2. The van der Waals surface area contributed by atoms with E-state index in [9.17, 15) is 14.4 Å². The van der Waals surface area contributed by atoms with Crippen LogP contribution in [0.5, 0.6) is 0 Å². The van der Waals surface area contributed by atoms with E-state index in [1.807, 2.05) is 0 Å². The Bertz CT molecular complexity index is 324. The van der Waals surface area contributed by atoms with Crippen LogP contribution in [-0.2, 0) is 19.1 Å². The Kier molecular flexibility index (Phi) is 6.75. The minimum atomic E-state index is -1.16. The molecule has 2 N–H and O–H groups in total. The largest absolute Gasteiger partial charge is 0.480 e. The number of aliphatic carboxylic acids is 1. The number of carbonyl (C=O) groups is 3. The molecule has 6 nitrogen and oxygen atoms in total. The number of hydrogen-bond donors (Lipinski definition) is 3. The third-order valence-corrected chi connectivity index (χ3v) is 2.16. The number of amides is 1. The molecule has 0 aromatic rings. The molecule has 0 rings (SSSR count). The van der Waals surface area contributed by atoms with Crippen molar-refractivity contribution in [2.24, 2.45) is 0 Å². The van der Waals surface area contributed by atoms with Gasteiger partial charge in [0.15, 0.2) is 0 Å². The zero-order chi connectivity index (χ0) is 14.3. The van der Waals surface area contributed by atoms with Crippen molar-refractivity contribution < 1.29 is 24.2 Å². The van der Waals surface area contributed by atoms with Crippen LogP contribution in [0.25, 0.3) is 0 Å². The average Bonchev–Trinajstić information content (AvgIpc) is 2.20. The topological polar surface area (TPSA) is 92.7 Å². The van der Waals surface area contributed by atoms with Crippen LogP contribution in [0.4, 0.5) is 0 Å². The van der Waals surface area contributed by atoms with Crippen molar-refractivity contribution in [1.82, 2.24) is 5.32 Å². The lowest BCUT2D eigenvalue weighted by molar-refractivity contribution is -0.155. The van der Waals surface area contributed by atoms with E-state index >= 15 is 0 Å². The highest BCUT2D eigenvalue weighted by Crippen LogP contribution is 2.09. The predicted octanol–water partition coefficient (Wildman–Crippen LogP) is 0.607. The second kappa shape index (κ2) is 7.25. The van der Waals surface area contributed by atoms with E-state index in [1.54, 1.807) is 20.8 Å². The molecule has 0 saturated heterocycles. The molecule has 0 spiro atoms. The molecule has 1 amide bonds. The Morgan fingerprint density at radius 2 is 1.83 bits per heavy atom. The molecule has 0 unspecified atom stereocenters. The summed E-state index contributed by atoms with van der Waals surface area (Å²) in [6.45, 7) is 5.19. The highest BCUT2D eigenvalue weighted by molar-refractivity contribution is 7.80. The van der Waals surface area contributed by atoms with Gasteiger partial charge < -0.3 is 15.2 Å². The number of carbonyl (C=O) groups excluding carboxylic acids is 2. The zero-order valence-corrected chi connectivity index (χ0v) is 11.6. The average molecular weight is 277 g/mol. The third-order valence-electron chi connectivity index (χ3n) is 1.79. The minimum Gasteiger partial charge on any atom is -0.480 e. The van der Waals surface area contributed by atoms with Crippen LogP contribution in [0.3, 0.4) is 0 Å². The number of esters is 1. The first-order chi connectivity index (χ1) is 8.15. The summed E-state index contributed by atoms with van der Waals surface area (Å²) < 4.78 is 5.02. The summed E-state index contributed by atoms with van der Waals surface area (Å²) in [7, 11) is 0. The second-order valence-electron chi connectivity index (χ2n) is 4.73. The molecule has 0 aliphatic rings. The van der Waals surface area contributed by atoms with E-state index in [0.29, 0.717) is 0 Å². The molecule has 0 heterocycles. The quantitative estimate of drug-likeness (QED) is 0.488. The van der Waals surface area contributed by atoms with Gasteiger partial charge in [-0.15, -0.1) is 0 Å². The second-order valence-corrected chi connectivity index (χ2v) is 5.09. The van der Waals surface area contributed by atoms with E-state index in [2.05, 4.69) is 17.9 Å². The Morgan fingerprint density at radius 1 is 1.28 bits per heavy atom. The fourth-order valence-corrected chi connectivity index (χ4v) is 1.31. The first kappa shape index (κ1) is 16.8. The smallest absolute Gasteiger partial charge is 0.327 e. The molecule has 7 heteroatoms. The van der Waals surface area contributed by atoms with Crippen molar-refractivity contribution in [2.75, 3.05) is 5.75 Å². The highest BCUT2D eigenvalue weighted by Gasteiger charge is 2.20. The summed E-state index contributed by atoms with van der Waals surface area (Å²) in [5, 5.41) is 11.0. The standard InChI is InChI=1S/C11H19NO5S/c1-11(2,3)17-9(14)5-4-8(13)12-7(6-18)10(15)16/h7,18H,4-6H2,1-3H3,(H,12,13)(H,15,16)/t7-/m0/s1. The van der Waals surface area contributed by atoms with Crippen LogP contribution in [-0.4, -0.2) is 40.3 Å². The van der Waals surface area contributed by atoms with Crippen molar-refractivity contribution in [3.8, 4) is 0 Å². The van der Waals surface area contributed by atoms with Gasteiger partial charge in [0.05, 0.1) is 6.42 Å². The number of carboxylic acid groups (broad SMARTS) is 1. The number of ether oxygens (including phenoxy) is 1. The summed E-state index contributed by atoms with van der Waals surface area (Å²) in [5.41, 5.74) is -0.595. The monoisotopic (exact) mass is 277 g/mol. The lowest BCUT2D eigenvalue weighted by Crippen LogP contribution is -2.42. The van der Waals surface area contributed by atoms with Crippen LogP contribution >= 0.6 is 12.6 Å². The van der Waals surface area contributed by atoms with Gasteiger partial charge in [0, 0.05) is 12.2 Å². The van der Waals surface area contributed by atoms with Gasteiger partial charge >= 0.3 is 11.9 Å². The molecular formula is C11H19NO5S. The van der Waals surface area contributed by atoms with Gasteiger partial charge in [-0.2, -0.15) is 12.6 Å². The molecule has 0 aliphatic heterocycles. The Labute approximate surface area is 111 Å². The molecule has 0 radical (unpaired) electrons. The van der Waals surface area contributed by atoms with Gasteiger partial charge in [-0.1, -0.05) is 0 Å². The van der Waals surface area contributed by atoms with E-state index in [0.717, 1.165) is 0 Å². The highest BCUT2D eigenvalue weighted by atomic mass is 32.1. The van der Waals surface area contributed by atoms with Crippen molar-refractivity contribution in [3.05, 3.63) is 0 Å². The third kappa shape index (κ3) is 7.94. The maximum atomic E-state index is 11.4. The summed E-state index contributed by atoms with van der Waals surface area (Å²) in [6, 6.07) is -1.04. The number of carboxylic acids is 1. The van der Waals surface area contributed by atoms with Gasteiger partial charge in [-0.25, -0.2) is 4.79 Å². The number of nitrogens with one attached hydrogen (secondary N) is 1. The number of thiol groups is 1. The fourth-order valence-electron chi connectivity index (χ4n) is 1.06. The first-order valence-electron chi connectivity index (χ1n) is 5.50. The fraction of sp³-hybridized carbons (Fsp3) is 0.727.